The van der Waals surface area contributed by atoms with Gasteiger partial charge in [0, 0.05) is 46.9 Å². The van der Waals surface area contributed by atoms with Crippen molar-refractivity contribution >= 4 is 33.1 Å². The van der Waals surface area contributed by atoms with E-state index in [9.17, 15) is 8.42 Å². The second-order valence-corrected chi connectivity index (χ2v) is 9.36. The summed E-state index contributed by atoms with van der Waals surface area (Å²) in [4.78, 5) is 1.51. The molecule has 0 bridgehead atoms. The lowest BCUT2D eigenvalue weighted by atomic mass is 10.4. The van der Waals surface area contributed by atoms with Gasteiger partial charge in [0.15, 0.2) is 0 Å². The summed E-state index contributed by atoms with van der Waals surface area (Å²) in [5.74, 6) is 1.76. The lowest BCUT2D eigenvalue weighted by molar-refractivity contribution is 0.368. The SMILES string of the molecule is CC(C)NCc1cc(S(=O)(=O)N2CCSCC2C)cs1. The van der Waals surface area contributed by atoms with Crippen LogP contribution in [0.25, 0.3) is 0 Å². The number of rotatable bonds is 5. The van der Waals surface area contributed by atoms with Crippen LogP contribution in [0.5, 0.6) is 0 Å². The maximum Gasteiger partial charge on any atom is 0.244 e. The van der Waals surface area contributed by atoms with Crippen LogP contribution in [0.1, 0.15) is 25.6 Å². The molecule has 0 radical (unpaired) electrons. The van der Waals surface area contributed by atoms with Gasteiger partial charge in [-0.25, -0.2) is 8.42 Å². The molecule has 1 aromatic heterocycles. The molecule has 4 nitrogen and oxygen atoms in total. The van der Waals surface area contributed by atoms with Crippen molar-refractivity contribution in [1.29, 1.82) is 0 Å². The van der Waals surface area contributed by atoms with Gasteiger partial charge >= 0.3 is 0 Å². The molecule has 20 heavy (non-hydrogen) atoms. The summed E-state index contributed by atoms with van der Waals surface area (Å²) in [5.41, 5.74) is 0. The first-order valence-corrected chi connectivity index (χ1v) is 10.3. The third-order valence-corrected chi connectivity index (χ3v) is 7.49. The van der Waals surface area contributed by atoms with E-state index in [0.717, 1.165) is 22.9 Å². The third-order valence-electron chi connectivity index (χ3n) is 3.23. The Hall–Kier alpha value is -0.0800. The third kappa shape index (κ3) is 3.76. The quantitative estimate of drug-likeness (QED) is 0.898. The smallest absolute Gasteiger partial charge is 0.244 e. The predicted molar refractivity (Wildman–Crippen MR) is 87.0 cm³/mol. The van der Waals surface area contributed by atoms with E-state index < -0.39 is 10.0 Å². The van der Waals surface area contributed by atoms with Gasteiger partial charge in [-0.15, -0.1) is 11.3 Å². The van der Waals surface area contributed by atoms with E-state index in [1.54, 1.807) is 9.69 Å². The highest BCUT2D eigenvalue weighted by Crippen LogP contribution is 2.27. The summed E-state index contributed by atoms with van der Waals surface area (Å²) < 4.78 is 26.9. The summed E-state index contributed by atoms with van der Waals surface area (Å²) >= 11 is 3.33. The molecule has 1 saturated heterocycles. The molecular formula is C13H22N2O2S3. The van der Waals surface area contributed by atoms with E-state index in [0.29, 0.717) is 17.5 Å². The Bertz CT molecular complexity index is 540. The molecule has 7 heteroatoms. The Morgan fingerprint density at radius 1 is 1.50 bits per heavy atom. The maximum absolute atomic E-state index is 12.7. The molecule has 0 saturated carbocycles. The first-order chi connectivity index (χ1) is 9.41. The number of hydrogen-bond acceptors (Lipinski definition) is 5. The number of thiophene rings is 1. The second-order valence-electron chi connectivity index (χ2n) is 5.32. The zero-order valence-corrected chi connectivity index (χ0v) is 14.6. The Kier molecular flexibility index (Phi) is 5.53. The summed E-state index contributed by atoms with van der Waals surface area (Å²) in [6.45, 7) is 7.49. The summed E-state index contributed by atoms with van der Waals surface area (Å²) in [6, 6.07) is 2.29. The maximum atomic E-state index is 12.7. The molecule has 2 rings (SSSR count). The molecule has 1 unspecified atom stereocenters. The second kappa shape index (κ2) is 6.79. The molecule has 2 heterocycles. The van der Waals surface area contributed by atoms with Crippen LogP contribution < -0.4 is 5.32 Å². The molecule has 0 amide bonds. The van der Waals surface area contributed by atoms with Crippen LogP contribution in [0, 0.1) is 0 Å². The zero-order valence-electron chi connectivity index (χ0n) is 12.1. The van der Waals surface area contributed by atoms with Gasteiger partial charge in [0.05, 0.1) is 4.90 Å². The molecule has 1 aliphatic rings. The summed E-state index contributed by atoms with van der Waals surface area (Å²) in [7, 11) is -3.33. The van der Waals surface area contributed by atoms with Gasteiger partial charge in [-0.2, -0.15) is 16.1 Å². The summed E-state index contributed by atoms with van der Waals surface area (Å²) in [6.07, 6.45) is 0. The molecular weight excluding hydrogens is 312 g/mol. The van der Waals surface area contributed by atoms with Crippen molar-refractivity contribution < 1.29 is 8.42 Å². The molecule has 1 fully saturated rings. The molecule has 114 valence electrons. The Balaban J connectivity index is 2.13. The number of thioether (sulfide) groups is 1. The van der Waals surface area contributed by atoms with E-state index in [-0.39, 0.29) is 6.04 Å². The van der Waals surface area contributed by atoms with Gasteiger partial charge in [-0.1, -0.05) is 13.8 Å². The van der Waals surface area contributed by atoms with E-state index in [4.69, 9.17) is 0 Å². The van der Waals surface area contributed by atoms with Crippen molar-refractivity contribution in [2.24, 2.45) is 0 Å². The number of nitrogens with zero attached hydrogens (tertiary/aromatic N) is 1. The Labute approximate surface area is 130 Å². The van der Waals surface area contributed by atoms with Gasteiger partial charge < -0.3 is 5.32 Å². The van der Waals surface area contributed by atoms with Crippen molar-refractivity contribution in [1.82, 2.24) is 9.62 Å². The fraction of sp³-hybridized carbons (Fsp3) is 0.692. The first-order valence-electron chi connectivity index (χ1n) is 6.81. The van der Waals surface area contributed by atoms with Crippen LogP contribution >= 0.6 is 23.1 Å². The molecule has 1 atom stereocenters. The minimum absolute atomic E-state index is 0.0795. The standard InChI is InChI=1S/C13H22N2O2S3/c1-10(2)14-7-12-6-13(9-19-12)20(16,17)15-4-5-18-8-11(15)3/h6,9-11,14H,4-5,7-8H2,1-3H3. The molecule has 0 aromatic carbocycles. The molecule has 1 aliphatic heterocycles. The van der Waals surface area contributed by atoms with Crippen LogP contribution in [0.2, 0.25) is 0 Å². The van der Waals surface area contributed by atoms with E-state index in [1.165, 1.54) is 11.3 Å². The molecule has 0 aliphatic carbocycles. The largest absolute Gasteiger partial charge is 0.310 e. The van der Waals surface area contributed by atoms with Crippen molar-refractivity contribution in [3.05, 3.63) is 16.3 Å². The van der Waals surface area contributed by atoms with Crippen LogP contribution in [0.4, 0.5) is 0 Å². The molecule has 1 aromatic rings. The predicted octanol–water partition coefficient (Wildman–Crippen LogP) is 2.37. The van der Waals surface area contributed by atoms with Gasteiger partial charge in [-0.3, -0.25) is 0 Å². The number of nitrogens with one attached hydrogen (secondary N) is 1. The lowest BCUT2D eigenvalue weighted by Crippen LogP contribution is -2.44. The highest BCUT2D eigenvalue weighted by Gasteiger charge is 2.31. The fourth-order valence-electron chi connectivity index (χ4n) is 2.10. The minimum atomic E-state index is -3.33. The highest BCUT2D eigenvalue weighted by molar-refractivity contribution is 7.99. The van der Waals surface area contributed by atoms with Crippen LogP contribution in [0.3, 0.4) is 0 Å². The molecule has 1 N–H and O–H groups in total. The van der Waals surface area contributed by atoms with Crippen molar-refractivity contribution in [2.75, 3.05) is 18.1 Å². The van der Waals surface area contributed by atoms with E-state index in [1.807, 2.05) is 24.8 Å². The van der Waals surface area contributed by atoms with Gasteiger partial charge in [-0.05, 0) is 13.0 Å². The Morgan fingerprint density at radius 3 is 2.90 bits per heavy atom. The number of sulfonamides is 1. The molecule has 0 spiro atoms. The topological polar surface area (TPSA) is 49.4 Å². The van der Waals surface area contributed by atoms with Crippen LogP contribution in [-0.2, 0) is 16.6 Å². The van der Waals surface area contributed by atoms with E-state index in [2.05, 4.69) is 19.2 Å². The zero-order chi connectivity index (χ0) is 14.8. The fourth-order valence-corrected chi connectivity index (χ4v) is 6.17. The normalized spacial score (nSPS) is 21.5. The van der Waals surface area contributed by atoms with Crippen LogP contribution in [-0.4, -0.2) is 42.9 Å². The highest BCUT2D eigenvalue weighted by atomic mass is 32.2. The van der Waals surface area contributed by atoms with Crippen molar-refractivity contribution in [3.63, 3.8) is 0 Å². The van der Waals surface area contributed by atoms with Crippen LogP contribution in [0.15, 0.2) is 16.3 Å². The van der Waals surface area contributed by atoms with Gasteiger partial charge in [0.1, 0.15) is 0 Å². The monoisotopic (exact) mass is 334 g/mol. The average Bonchev–Trinajstić information content (AvgIpc) is 2.86. The average molecular weight is 335 g/mol. The lowest BCUT2D eigenvalue weighted by Gasteiger charge is -2.31. The van der Waals surface area contributed by atoms with Gasteiger partial charge in [0.2, 0.25) is 10.0 Å². The van der Waals surface area contributed by atoms with Crippen molar-refractivity contribution in [2.45, 2.75) is 44.3 Å². The first kappa shape index (κ1) is 16.3. The Morgan fingerprint density at radius 2 is 2.25 bits per heavy atom. The van der Waals surface area contributed by atoms with Gasteiger partial charge in [0.25, 0.3) is 0 Å². The summed E-state index contributed by atoms with van der Waals surface area (Å²) in [5, 5.41) is 5.08. The number of hydrogen-bond donors (Lipinski definition) is 1. The van der Waals surface area contributed by atoms with E-state index >= 15 is 0 Å². The van der Waals surface area contributed by atoms with Crippen molar-refractivity contribution in [3.8, 4) is 0 Å². The minimum Gasteiger partial charge on any atom is -0.310 e.